The van der Waals surface area contributed by atoms with Crippen molar-refractivity contribution in [2.24, 2.45) is 0 Å². The number of hydrogen-bond acceptors (Lipinski definition) is 2. The molecule has 20 heavy (non-hydrogen) atoms. The lowest BCUT2D eigenvalue weighted by Crippen LogP contribution is -2.40. The van der Waals surface area contributed by atoms with E-state index < -0.39 is 5.97 Å². The topological polar surface area (TPSA) is 69.6 Å². The first-order valence-electron chi connectivity index (χ1n) is 6.43. The highest BCUT2D eigenvalue weighted by Gasteiger charge is 2.16. The van der Waals surface area contributed by atoms with Crippen molar-refractivity contribution in [2.45, 2.75) is 25.8 Å². The molecule has 0 aliphatic carbocycles. The lowest BCUT2D eigenvalue weighted by molar-refractivity contribution is -0.137. The minimum absolute atomic E-state index is 0.0716. The summed E-state index contributed by atoms with van der Waals surface area (Å²) in [7, 11) is 1.57. The highest BCUT2D eigenvalue weighted by Crippen LogP contribution is 2.20. The first-order chi connectivity index (χ1) is 9.43. The molecule has 2 amide bonds. The van der Waals surface area contributed by atoms with E-state index in [-0.39, 0.29) is 25.0 Å². The van der Waals surface area contributed by atoms with Gasteiger partial charge in [0.15, 0.2) is 0 Å². The van der Waals surface area contributed by atoms with Crippen molar-refractivity contribution in [1.29, 1.82) is 0 Å². The van der Waals surface area contributed by atoms with E-state index in [4.69, 9.17) is 16.7 Å². The molecule has 1 aromatic rings. The molecule has 0 saturated carbocycles. The Balaban J connectivity index is 2.64. The zero-order valence-electron chi connectivity index (χ0n) is 11.6. The van der Waals surface area contributed by atoms with Crippen LogP contribution in [0.5, 0.6) is 0 Å². The molecule has 5 nitrogen and oxygen atoms in total. The van der Waals surface area contributed by atoms with Crippen molar-refractivity contribution < 1.29 is 14.7 Å². The molecule has 0 bridgehead atoms. The van der Waals surface area contributed by atoms with Crippen molar-refractivity contribution in [3.63, 3.8) is 0 Å². The van der Waals surface area contributed by atoms with Crippen LogP contribution in [0.3, 0.4) is 0 Å². The normalized spacial score (nSPS) is 11.8. The van der Waals surface area contributed by atoms with Gasteiger partial charge in [-0.25, -0.2) is 4.79 Å². The summed E-state index contributed by atoms with van der Waals surface area (Å²) in [6.45, 7) is 2.14. The molecule has 1 rings (SSSR count). The predicted octanol–water partition coefficient (Wildman–Crippen LogP) is 2.91. The van der Waals surface area contributed by atoms with Crippen LogP contribution < -0.4 is 5.32 Å². The van der Waals surface area contributed by atoms with Crippen LogP contribution in [0.2, 0.25) is 5.02 Å². The molecule has 1 unspecified atom stereocenters. The third kappa shape index (κ3) is 5.09. The van der Waals surface area contributed by atoms with Crippen molar-refractivity contribution >= 4 is 23.6 Å². The van der Waals surface area contributed by atoms with Gasteiger partial charge in [-0.3, -0.25) is 4.79 Å². The number of aliphatic carboxylic acids is 1. The summed E-state index contributed by atoms with van der Waals surface area (Å²) in [6.07, 6.45) is 0.650. The van der Waals surface area contributed by atoms with Gasteiger partial charge in [-0.15, -0.1) is 0 Å². The smallest absolute Gasteiger partial charge is 0.317 e. The van der Waals surface area contributed by atoms with Crippen molar-refractivity contribution in [3.05, 3.63) is 34.9 Å². The van der Waals surface area contributed by atoms with E-state index >= 15 is 0 Å². The molecule has 6 heteroatoms. The predicted molar refractivity (Wildman–Crippen MR) is 77.9 cm³/mol. The van der Waals surface area contributed by atoms with Gasteiger partial charge in [0, 0.05) is 18.6 Å². The fourth-order valence-electron chi connectivity index (χ4n) is 1.77. The van der Waals surface area contributed by atoms with E-state index in [9.17, 15) is 9.59 Å². The number of benzene rings is 1. The van der Waals surface area contributed by atoms with Gasteiger partial charge in [-0.1, -0.05) is 30.7 Å². The van der Waals surface area contributed by atoms with Crippen LogP contribution in [-0.4, -0.2) is 35.6 Å². The van der Waals surface area contributed by atoms with Gasteiger partial charge >= 0.3 is 12.0 Å². The molecular weight excluding hydrogens is 280 g/mol. The first kappa shape index (κ1) is 16.3. The zero-order chi connectivity index (χ0) is 15.1. The van der Waals surface area contributed by atoms with Crippen molar-refractivity contribution in [2.75, 3.05) is 13.6 Å². The van der Waals surface area contributed by atoms with Crippen LogP contribution in [0.1, 0.15) is 31.4 Å². The second kappa shape index (κ2) is 7.75. The van der Waals surface area contributed by atoms with Gasteiger partial charge in [-0.2, -0.15) is 0 Å². The summed E-state index contributed by atoms with van der Waals surface area (Å²) < 4.78 is 0. The zero-order valence-corrected chi connectivity index (χ0v) is 12.4. The second-order valence-corrected chi connectivity index (χ2v) is 4.97. The standard InChI is InChI=1S/C14H19ClN2O3/c1-3-12(10-5-4-6-11(15)9-10)16-14(20)17(2)8-7-13(18)19/h4-6,9,12H,3,7-8H2,1-2H3,(H,16,20)(H,18,19). The fraction of sp³-hybridized carbons (Fsp3) is 0.429. The quantitative estimate of drug-likeness (QED) is 0.848. The Morgan fingerprint density at radius 3 is 2.70 bits per heavy atom. The second-order valence-electron chi connectivity index (χ2n) is 4.53. The Kier molecular flexibility index (Phi) is 6.31. The third-order valence-electron chi connectivity index (χ3n) is 2.96. The van der Waals surface area contributed by atoms with E-state index in [0.717, 1.165) is 12.0 Å². The Morgan fingerprint density at radius 1 is 1.45 bits per heavy atom. The molecule has 0 aliphatic heterocycles. The number of urea groups is 1. The number of carbonyl (C=O) groups is 2. The molecule has 0 heterocycles. The van der Waals surface area contributed by atoms with Gasteiger partial charge in [0.1, 0.15) is 0 Å². The molecule has 110 valence electrons. The number of halogens is 1. The van der Waals surface area contributed by atoms with Gasteiger partial charge in [0.25, 0.3) is 0 Å². The van der Waals surface area contributed by atoms with Gasteiger partial charge in [0.05, 0.1) is 12.5 Å². The number of amides is 2. The van der Waals surface area contributed by atoms with E-state index in [2.05, 4.69) is 5.32 Å². The maximum atomic E-state index is 12.0. The molecule has 0 saturated heterocycles. The lowest BCUT2D eigenvalue weighted by atomic mass is 10.1. The van der Waals surface area contributed by atoms with E-state index in [1.54, 1.807) is 13.1 Å². The van der Waals surface area contributed by atoms with Crippen molar-refractivity contribution in [1.82, 2.24) is 10.2 Å². The maximum Gasteiger partial charge on any atom is 0.317 e. The Morgan fingerprint density at radius 2 is 2.15 bits per heavy atom. The summed E-state index contributed by atoms with van der Waals surface area (Å²) in [5, 5.41) is 12.1. The maximum absolute atomic E-state index is 12.0. The van der Waals surface area contributed by atoms with Crippen LogP contribution in [-0.2, 0) is 4.79 Å². The highest BCUT2D eigenvalue weighted by atomic mass is 35.5. The van der Waals surface area contributed by atoms with E-state index in [1.807, 2.05) is 25.1 Å². The van der Waals surface area contributed by atoms with Crippen LogP contribution in [0.15, 0.2) is 24.3 Å². The first-order valence-corrected chi connectivity index (χ1v) is 6.80. The summed E-state index contributed by atoms with van der Waals surface area (Å²) in [5.74, 6) is -0.925. The highest BCUT2D eigenvalue weighted by molar-refractivity contribution is 6.30. The number of rotatable bonds is 6. The number of carboxylic acid groups (broad SMARTS) is 1. The minimum Gasteiger partial charge on any atom is -0.481 e. The lowest BCUT2D eigenvalue weighted by Gasteiger charge is -2.23. The van der Waals surface area contributed by atoms with Gasteiger partial charge in [0.2, 0.25) is 0 Å². The van der Waals surface area contributed by atoms with Crippen LogP contribution >= 0.6 is 11.6 Å². The van der Waals surface area contributed by atoms with Crippen LogP contribution in [0.4, 0.5) is 4.79 Å². The van der Waals surface area contributed by atoms with E-state index in [1.165, 1.54) is 4.90 Å². The molecule has 0 aromatic heterocycles. The Labute approximate surface area is 123 Å². The average molecular weight is 299 g/mol. The van der Waals surface area contributed by atoms with Crippen LogP contribution in [0, 0.1) is 0 Å². The minimum atomic E-state index is -0.925. The van der Waals surface area contributed by atoms with E-state index in [0.29, 0.717) is 5.02 Å². The molecule has 2 N–H and O–H groups in total. The number of nitrogens with zero attached hydrogens (tertiary/aromatic N) is 1. The number of carboxylic acids is 1. The molecule has 0 radical (unpaired) electrons. The van der Waals surface area contributed by atoms with Gasteiger partial charge < -0.3 is 15.3 Å². The summed E-state index contributed by atoms with van der Waals surface area (Å²) >= 11 is 5.94. The Bertz CT molecular complexity index is 479. The third-order valence-corrected chi connectivity index (χ3v) is 3.20. The molecule has 0 fully saturated rings. The summed E-state index contributed by atoms with van der Waals surface area (Å²) in [6, 6.07) is 6.89. The Hall–Kier alpha value is -1.75. The van der Waals surface area contributed by atoms with Crippen LogP contribution in [0.25, 0.3) is 0 Å². The summed E-state index contributed by atoms with van der Waals surface area (Å²) in [4.78, 5) is 23.8. The molecule has 0 aliphatic rings. The number of hydrogen-bond donors (Lipinski definition) is 2. The summed E-state index contributed by atoms with van der Waals surface area (Å²) in [5.41, 5.74) is 0.931. The number of nitrogens with one attached hydrogen (secondary N) is 1. The molecule has 1 aromatic carbocycles. The SMILES string of the molecule is CCC(NC(=O)N(C)CCC(=O)O)c1cccc(Cl)c1. The largest absolute Gasteiger partial charge is 0.481 e. The number of carbonyl (C=O) groups excluding carboxylic acids is 1. The molecular formula is C14H19ClN2O3. The molecule has 0 spiro atoms. The van der Waals surface area contributed by atoms with Crippen molar-refractivity contribution in [3.8, 4) is 0 Å². The fourth-order valence-corrected chi connectivity index (χ4v) is 1.97. The molecule has 1 atom stereocenters. The van der Waals surface area contributed by atoms with Gasteiger partial charge in [-0.05, 0) is 24.1 Å². The average Bonchev–Trinajstić information content (AvgIpc) is 2.41. The monoisotopic (exact) mass is 298 g/mol.